The molecule has 92 valence electrons. The molecule has 4 heteroatoms. The zero-order valence-electron chi connectivity index (χ0n) is 10.3. The predicted molar refractivity (Wildman–Crippen MR) is 72.4 cm³/mol. The van der Waals surface area contributed by atoms with Gasteiger partial charge in [-0.25, -0.2) is 4.98 Å². The van der Waals surface area contributed by atoms with E-state index in [4.69, 9.17) is 5.73 Å². The van der Waals surface area contributed by atoms with Crippen LogP contribution in [0.2, 0.25) is 0 Å². The molecule has 0 aliphatic carbocycles. The van der Waals surface area contributed by atoms with Gasteiger partial charge in [-0.1, -0.05) is 18.2 Å². The monoisotopic (exact) mass is 240 g/mol. The lowest BCUT2D eigenvalue weighted by Crippen LogP contribution is -2.17. The maximum atomic E-state index is 5.95. The van der Waals surface area contributed by atoms with Gasteiger partial charge < -0.3 is 15.3 Å². The Kier molecular flexibility index (Phi) is 2.64. The molecular weight excluding hydrogens is 224 g/mol. The van der Waals surface area contributed by atoms with Crippen LogP contribution >= 0.6 is 0 Å². The summed E-state index contributed by atoms with van der Waals surface area (Å²) in [5, 5.41) is 1.22. The number of imidazole rings is 1. The lowest BCUT2D eigenvalue weighted by molar-refractivity contribution is 0.702. The van der Waals surface area contributed by atoms with E-state index in [-0.39, 0.29) is 5.92 Å². The number of benzene rings is 1. The average Bonchev–Trinajstić information content (AvgIpc) is 2.99. The third-order valence-corrected chi connectivity index (χ3v) is 3.40. The summed E-state index contributed by atoms with van der Waals surface area (Å²) in [6, 6.07) is 8.27. The first-order valence-corrected chi connectivity index (χ1v) is 6.04. The molecular formula is C14H16N4. The fraction of sp³-hybridized carbons (Fsp3) is 0.214. The molecule has 1 atom stereocenters. The van der Waals surface area contributed by atoms with Crippen LogP contribution in [0.25, 0.3) is 10.9 Å². The average molecular weight is 240 g/mol. The minimum atomic E-state index is 0.126. The molecule has 0 fully saturated rings. The number of hydrogen-bond acceptors (Lipinski definition) is 2. The van der Waals surface area contributed by atoms with Crippen LogP contribution in [0, 0.1) is 0 Å². The van der Waals surface area contributed by atoms with Crippen LogP contribution in [0.5, 0.6) is 0 Å². The van der Waals surface area contributed by atoms with E-state index >= 15 is 0 Å². The summed E-state index contributed by atoms with van der Waals surface area (Å²) in [4.78, 5) is 7.71. The fourth-order valence-corrected chi connectivity index (χ4v) is 2.47. The number of hydrogen-bond donors (Lipinski definition) is 2. The van der Waals surface area contributed by atoms with E-state index in [1.807, 2.05) is 42.3 Å². The first-order chi connectivity index (χ1) is 8.81. The van der Waals surface area contributed by atoms with E-state index in [2.05, 4.69) is 22.1 Å². The summed E-state index contributed by atoms with van der Waals surface area (Å²) in [6.07, 6.45) is 5.80. The molecule has 1 unspecified atom stereocenters. The Hall–Kier alpha value is -2.07. The minimum absolute atomic E-state index is 0.126. The van der Waals surface area contributed by atoms with E-state index in [1.165, 1.54) is 10.9 Å². The van der Waals surface area contributed by atoms with Crippen molar-refractivity contribution in [1.82, 2.24) is 14.5 Å². The number of nitrogens with two attached hydrogens (primary N) is 1. The Morgan fingerprint density at radius 1 is 1.39 bits per heavy atom. The van der Waals surface area contributed by atoms with Crippen molar-refractivity contribution in [3.8, 4) is 0 Å². The third kappa shape index (κ3) is 1.62. The number of para-hydroxylation sites is 1. The third-order valence-electron chi connectivity index (χ3n) is 3.40. The van der Waals surface area contributed by atoms with Gasteiger partial charge in [-0.05, 0) is 11.6 Å². The Bertz CT molecular complexity index is 665. The molecule has 0 amide bonds. The maximum Gasteiger partial charge on any atom is 0.117 e. The van der Waals surface area contributed by atoms with Crippen molar-refractivity contribution >= 4 is 10.9 Å². The van der Waals surface area contributed by atoms with E-state index in [0.29, 0.717) is 6.54 Å². The molecule has 0 aliphatic rings. The van der Waals surface area contributed by atoms with Crippen molar-refractivity contribution in [2.75, 3.05) is 6.54 Å². The first-order valence-electron chi connectivity index (χ1n) is 6.04. The number of nitrogens with one attached hydrogen (secondary N) is 1. The molecule has 0 radical (unpaired) electrons. The molecule has 4 nitrogen and oxygen atoms in total. The summed E-state index contributed by atoms with van der Waals surface area (Å²) in [7, 11) is 2.00. The van der Waals surface area contributed by atoms with Gasteiger partial charge in [-0.2, -0.15) is 0 Å². The van der Waals surface area contributed by atoms with Crippen molar-refractivity contribution in [1.29, 1.82) is 0 Å². The van der Waals surface area contributed by atoms with Crippen LogP contribution in [-0.4, -0.2) is 21.1 Å². The highest BCUT2D eigenvalue weighted by Gasteiger charge is 2.19. The minimum Gasteiger partial charge on any atom is -0.361 e. The molecule has 18 heavy (non-hydrogen) atoms. The van der Waals surface area contributed by atoms with Crippen molar-refractivity contribution in [2.45, 2.75) is 5.92 Å². The maximum absolute atomic E-state index is 5.95. The zero-order chi connectivity index (χ0) is 12.5. The van der Waals surface area contributed by atoms with Gasteiger partial charge in [-0.15, -0.1) is 0 Å². The first kappa shape index (κ1) is 11.0. The number of aromatic amines is 1. The fourth-order valence-electron chi connectivity index (χ4n) is 2.47. The smallest absolute Gasteiger partial charge is 0.117 e. The van der Waals surface area contributed by atoms with Gasteiger partial charge >= 0.3 is 0 Å². The predicted octanol–water partition coefficient (Wildman–Crippen LogP) is 1.99. The molecule has 2 aromatic heterocycles. The van der Waals surface area contributed by atoms with Gasteiger partial charge in [0.25, 0.3) is 0 Å². The molecule has 0 bridgehead atoms. The summed E-state index contributed by atoms with van der Waals surface area (Å²) >= 11 is 0. The molecule has 0 spiro atoms. The van der Waals surface area contributed by atoms with Gasteiger partial charge in [-0.3, -0.25) is 0 Å². The second kappa shape index (κ2) is 4.31. The van der Waals surface area contributed by atoms with Crippen molar-refractivity contribution in [3.05, 3.63) is 54.2 Å². The van der Waals surface area contributed by atoms with Gasteiger partial charge in [0.2, 0.25) is 0 Å². The number of aryl methyl sites for hydroxylation is 1. The standard InChI is InChI=1S/C14H16N4/c1-18-7-6-16-14(18)11(8-15)12-9-17-13-5-3-2-4-10(12)13/h2-7,9,11,17H,8,15H2,1H3. The van der Waals surface area contributed by atoms with E-state index in [1.54, 1.807) is 0 Å². The Balaban J connectivity index is 2.15. The summed E-state index contributed by atoms with van der Waals surface area (Å²) in [6.45, 7) is 0.548. The highest BCUT2D eigenvalue weighted by Crippen LogP contribution is 2.28. The lowest BCUT2D eigenvalue weighted by atomic mass is 9.98. The summed E-state index contributed by atoms with van der Waals surface area (Å²) in [5.41, 5.74) is 8.30. The molecule has 3 N–H and O–H groups in total. The highest BCUT2D eigenvalue weighted by molar-refractivity contribution is 5.84. The zero-order valence-corrected chi connectivity index (χ0v) is 10.3. The Labute approximate surface area is 105 Å². The molecule has 2 heterocycles. The second-order valence-electron chi connectivity index (χ2n) is 4.47. The van der Waals surface area contributed by atoms with Crippen LogP contribution in [0.4, 0.5) is 0 Å². The number of nitrogens with zero attached hydrogens (tertiary/aromatic N) is 2. The van der Waals surface area contributed by atoms with Crippen LogP contribution < -0.4 is 5.73 Å². The van der Waals surface area contributed by atoms with E-state index < -0.39 is 0 Å². The van der Waals surface area contributed by atoms with Gasteiger partial charge in [0.15, 0.2) is 0 Å². The number of H-pyrrole nitrogens is 1. The van der Waals surface area contributed by atoms with Gasteiger partial charge in [0, 0.05) is 43.1 Å². The lowest BCUT2D eigenvalue weighted by Gasteiger charge is -2.14. The molecule has 1 aromatic carbocycles. The Morgan fingerprint density at radius 3 is 2.94 bits per heavy atom. The van der Waals surface area contributed by atoms with Crippen LogP contribution in [0.1, 0.15) is 17.3 Å². The SMILES string of the molecule is Cn1ccnc1C(CN)c1c[nH]c2ccccc12. The normalized spacial score (nSPS) is 13.0. The number of aromatic nitrogens is 3. The number of rotatable bonds is 3. The van der Waals surface area contributed by atoms with Crippen LogP contribution in [0.3, 0.4) is 0 Å². The largest absolute Gasteiger partial charge is 0.361 e. The molecule has 3 aromatic rings. The molecule has 0 saturated heterocycles. The molecule has 0 aliphatic heterocycles. The summed E-state index contributed by atoms with van der Waals surface area (Å²) in [5.74, 6) is 1.13. The van der Waals surface area contributed by atoms with Crippen LogP contribution in [0.15, 0.2) is 42.9 Å². The van der Waals surface area contributed by atoms with Crippen LogP contribution in [-0.2, 0) is 7.05 Å². The second-order valence-corrected chi connectivity index (χ2v) is 4.47. The summed E-state index contributed by atoms with van der Waals surface area (Å²) < 4.78 is 2.03. The van der Waals surface area contributed by atoms with Crippen molar-refractivity contribution in [2.24, 2.45) is 12.8 Å². The molecule has 0 saturated carbocycles. The van der Waals surface area contributed by atoms with Crippen molar-refractivity contribution < 1.29 is 0 Å². The molecule has 3 rings (SSSR count). The van der Waals surface area contributed by atoms with Gasteiger partial charge in [0.1, 0.15) is 5.82 Å². The Morgan fingerprint density at radius 2 is 2.22 bits per heavy atom. The highest BCUT2D eigenvalue weighted by atomic mass is 15.0. The number of fused-ring (bicyclic) bond motifs is 1. The quantitative estimate of drug-likeness (QED) is 0.735. The van der Waals surface area contributed by atoms with Crippen molar-refractivity contribution in [3.63, 3.8) is 0 Å². The van der Waals surface area contributed by atoms with E-state index in [9.17, 15) is 0 Å². The topological polar surface area (TPSA) is 59.6 Å². The van der Waals surface area contributed by atoms with E-state index in [0.717, 1.165) is 11.3 Å². The van der Waals surface area contributed by atoms with Gasteiger partial charge in [0.05, 0.1) is 5.92 Å².